The van der Waals surface area contributed by atoms with Gasteiger partial charge in [0.15, 0.2) is 0 Å². The van der Waals surface area contributed by atoms with Gasteiger partial charge in [0, 0.05) is 4.47 Å². The lowest BCUT2D eigenvalue weighted by Crippen LogP contribution is -2.28. The number of rotatable bonds is 10. The maximum atomic E-state index is 12.9. The van der Waals surface area contributed by atoms with E-state index in [4.69, 9.17) is 4.74 Å². The zero-order chi connectivity index (χ0) is 18.8. The normalized spacial score (nSPS) is 11.8. The Morgan fingerprint density at radius 3 is 2.54 bits per heavy atom. The van der Waals surface area contributed by atoms with E-state index in [0.717, 1.165) is 29.3 Å². The summed E-state index contributed by atoms with van der Waals surface area (Å²) in [6.45, 7) is 4.90. The van der Waals surface area contributed by atoms with Crippen LogP contribution in [0, 0.1) is 0 Å². The summed E-state index contributed by atoms with van der Waals surface area (Å²) in [5, 5.41) is 3.14. The van der Waals surface area contributed by atoms with E-state index in [0.29, 0.717) is 17.9 Å². The fraction of sp³-hybridized carbons (Fsp3) is 0.409. The maximum Gasteiger partial charge on any atom is 0.255 e. The summed E-state index contributed by atoms with van der Waals surface area (Å²) in [6, 6.07) is 15.6. The highest BCUT2D eigenvalue weighted by Crippen LogP contribution is 2.25. The van der Waals surface area contributed by atoms with Crippen LogP contribution >= 0.6 is 15.9 Å². The Labute approximate surface area is 165 Å². The van der Waals surface area contributed by atoms with Crippen LogP contribution in [-0.4, -0.2) is 12.5 Å². The van der Waals surface area contributed by atoms with E-state index in [1.807, 2.05) is 48.5 Å². The minimum absolute atomic E-state index is 0.0138. The van der Waals surface area contributed by atoms with E-state index in [-0.39, 0.29) is 11.9 Å². The predicted octanol–water partition coefficient (Wildman–Crippen LogP) is 6.29. The van der Waals surface area contributed by atoms with Crippen molar-refractivity contribution in [1.29, 1.82) is 0 Å². The summed E-state index contributed by atoms with van der Waals surface area (Å²) in [6.07, 6.45) is 5.40. The average molecular weight is 418 g/mol. The third-order valence-corrected chi connectivity index (χ3v) is 4.85. The number of carbonyl (C=O) groups excluding carboxylic acids is 1. The molecule has 1 atom stereocenters. The Hall–Kier alpha value is -1.81. The fourth-order valence-electron chi connectivity index (χ4n) is 2.86. The highest BCUT2D eigenvalue weighted by Gasteiger charge is 2.18. The van der Waals surface area contributed by atoms with Gasteiger partial charge in [-0.2, -0.15) is 0 Å². The molecule has 140 valence electrons. The van der Waals surface area contributed by atoms with Crippen LogP contribution in [0.4, 0.5) is 0 Å². The fourth-order valence-corrected chi connectivity index (χ4v) is 3.22. The van der Waals surface area contributed by atoms with Crippen molar-refractivity contribution in [1.82, 2.24) is 5.32 Å². The first-order valence-corrected chi connectivity index (χ1v) is 10.2. The number of halogens is 1. The number of hydrogen-bond donors (Lipinski definition) is 1. The Balaban J connectivity index is 2.07. The molecule has 0 saturated heterocycles. The van der Waals surface area contributed by atoms with Gasteiger partial charge in [0.1, 0.15) is 5.75 Å². The van der Waals surface area contributed by atoms with Crippen molar-refractivity contribution in [2.75, 3.05) is 6.61 Å². The van der Waals surface area contributed by atoms with Crippen LogP contribution in [0.15, 0.2) is 53.0 Å². The summed E-state index contributed by atoms with van der Waals surface area (Å²) in [5.41, 5.74) is 1.68. The molecule has 0 saturated carbocycles. The zero-order valence-corrected chi connectivity index (χ0v) is 17.2. The molecule has 0 aliphatic rings. The van der Waals surface area contributed by atoms with Crippen molar-refractivity contribution in [3.63, 3.8) is 0 Å². The first-order valence-electron chi connectivity index (χ1n) is 9.43. The number of unbranched alkanes of at least 4 members (excludes halogenated alkanes) is 3. The number of nitrogens with one attached hydrogen (secondary N) is 1. The Morgan fingerprint density at radius 1 is 1.08 bits per heavy atom. The molecule has 2 rings (SSSR count). The average Bonchev–Trinajstić information content (AvgIpc) is 2.67. The molecule has 3 nitrogen and oxygen atoms in total. The number of ether oxygens (including phenoxy) is 1. The molecule has 4 heteroatoms. The zero-order valence-electron chi connectivity index (χ0n) is 15.6. The quantitative estimate of drug-likeness (QED) is 0.461. The number of benzene rings is 2. The standard InChI is InChI=1S/C22H28BrNO2/c1-3-5-6-10-15-26-21-14-13-18(23)16-19(21)22(25)24-20(4-2)17-11-8-7-9-12-17/h7-9,11-14,16,20H,3-6,10,15H2,1-2H3,(H,24,25). The molecule has 26 heavy (non-hydrogen) atoms. The van der Waals surface area contributed by atoms with Crippen molar-refractivity contribution in [2.24, 2.45) is 0 Å². The molecule has 1 N–H and O–H groups in total. The lowest BCUT2D eigenvalue weighted by atomic mass is 10.0. The van der Waals surface area contributed by atoms with Crippen LogP contribution in [0.25, 0.3) is 0 Å². The number of amides is 1. The highest BCUT2D eigenvalue weighted by molar-refractivity contribution is 9.10. The van der Waals surface area contributed by atoms with Crippen molar-refractivity contribution in [3.8, 4) is 5.75 Å². The first-order chi connectivity index (χ1) is 12.7. The third kappa shape index (κ3) is 6.17. The highest BCUT2D eigenvalue weighted by atomic mass is 79.9. The van der Waals surface area contributed by atoms with Crippen molar-refractivity contribution < 1.29 is 9.53 Å². The van der Waals surface area contributed by atoms with Crippen LogP contribution in [0.3, 0.4) is 0 Å². The smallest absolute Gasteiger partial charge is 0.255 e. The van der Waals surface area contributed by atoms with Crippen molar-refractivity contribution in [3.05, 3.63) is 64.1 Å². The molecule has 0 aliphatic heterocycles. The van der Waals surface area contributed by atoms with Gasteiger partial charge in [0.05, 0.1) is 18.2 Å². The van der Waals surface area contributed by atoms with E-state index >= 15 is 0 Å². The van der Waals surface area contributed by atoms with Crippen LogP contribution in [0.1, 0.15) is 67.9 Å². The van der Waals surface area contributed by atoms with Gasteiger partial charge < -0.3 is 10.1 Å². The van der Waals surface area contributed by atoms with E-state index < -0.39 is 0 Å². The Bertz CT molecular complexity index is 688. The van der Waals surface area contributed by atoms with E-state index in [9.17, 15) is 4.79 Å². The van der Waals surface area contributed by atoms with E-state index in [2.05, 4.69) is 35.1 Å². The van der Waals surface area contributed by atoms with Gasteiger partial charge in [0.25, 0.3) is 5.91 Å². The Kier molecular flexibility index (Phi) is 8.69. The van der Waals surface area contributed by atoms with Gasteiger partial charge in [-0.3, -0.25) is 4.79 Å². The van der Waals surface area contributed by atoms with Gasteiger partial charge >= 0.3 is 0 Å². The largest absolute Gasteiger partial charge is 0.493 e. The maximum absolute atomic E-state index is 12.9. The second-order valence-corrected chi connectivity index (χ2v) is 7.31. The van der Waals surface area contributed by atoms with Crippen LogP contribution < -0.4 is 10.1 Å². The number of hydrogen-bond acceptors (Lipinski definition) is 2. The van der Waals surface area contributed by atoms with Crippen LogP contribution in [0.2, 0.25) is 0 Å². The molecule has 1 amide bonds. The van der Waals surface area contributed by atoms with Crippen molar-refractivity contribution in [2.45, 2.75) is 52.0 Å². The van der Waals surface area contributed by atoms with Gasteiger partial charge in [-0.1, -0.05) is 79.4 Å². The van der Waals surface area contributed by atoms with Gasteiger partial charge in [-0.25, -0.2) is 0 Å². The van der Waals surface area contributed by atoms with E-state index in [1.54, 1.807) is 0 Å². The summed E-state index contributed by atoms with van der Waals surface area (Å²) < 4.78 is 6.77. The van der Waals surface area contributed by atoms with Gasteiger partial charge in [-0.05, 0) is 36.6 Å². The molecule has 2 aromatic carbocycles. The topological polar surface area (TPSA) is 38.3 Å². The molecule has 0 aromatic heterocycles. The van der Waals surface area contributed by atoms with Crippen LogP contribution in [-0.2, 0) is 0 Å². The van der Waals surface area contributed by atoms with Crippen molar-refractivity contribution >= 4 is 21.8 Å². The molecule has 0 spiro atoms. The molecule has 1 unspecified atom stereocenters. The molecular weight excluding hydrogens is 390 g/mol. The minimum Gasteiger partial charge on any atom is -0.493 e. The van der Waals surface area contributed by atoms with E-state index in [1.165, 1.54) is 12.8 Å². The molecule has 0 fully saturated rings. The first kappa shape index (κ1) is 20.5. The lowest BCUT2D eigenvalue weighted by Gasteiger charge is -2.19. The SMILES string of the molecule is CCCCCCOc1ccc(Br)cc1C(=O)NC(CC)c1ccccc1. The molecule has 0 aliphatic carbocycles. The second kappa shape index (κ2) is 11.0. The van der Waals surface area contributed by atoms with Crippen LogP contribution in [0.5, 0.6) is 5.75 Å². The summed E-state index contributed by atoms with van der Waals surface area (Å²) in [7, 11) is 0. The minimum atomic E-state index is -0.106. The molecular formula is C22H28BrNO2. The van der Waals surface area contributed by atoms with Gasteiger partial charge in [-0.15, -0.1) is 0 Å². The molecule has 0 radical (unpaired) electrons. The summed E-state index contributed by atoms with van der Waals surface area (Å²) in [4.78, 5) is 12.9. The molecule has 0 heterocycles. The summed E-state index contributed by atoms with van der Waals surface area (Å²) >= 11 is 3.46. The molecule has 2 aromatic rings. The lowest BCUT2D eigenvalue weighted by molar-refractivity contribution is 0.0931. The number of carbonyl (C=O) groups is 1. The van der Waals surface area contributed by atoms with Gasteiger partial charge in [0.2, 0.25) is 0 Å². The molecule has 0 bridgehead atoms. The predicted molar refractivity (Wildman–Crippen MR) is 111 cm³/mol. The monoisotopic (exact) mass is 417 g/mol. The summed E-state index contributed by atoms with van der Waals surface area (Å²) in [5.74, 6) is 0.538. The second-order valence-electron chi connectivity index (χ2n) is 6.39. The Morgan fingerprint density at radius 2 is 1.85 bits per heavy atom. The third-order valence-electron chi connectivity index (χ3n) is 4.36.